The van der Waals surface area contributed by atoms with E-state index in [0.717, 1.165) is 23.4 Å². The molecule has 2 rings (SSSR count). The molecule has 0 radical (unpaired) electrons. The minimum atomic E-state index is -0.374. The quantitative estimate of drug-likeness (QED) is 0.783. The molecule has 0 saturated heterocycles. The van der Waals surface area contributed by atoms with Gasteiger partial charge in [-0.25, -0.2) is 0 Å². The molecule has 0 spiro atoms. The van der Waals surface area contributed by atoms with E-state index in [1.54, 1.807) is 0 Å². The number of nitrogens with zero attached hydrogens (tertiary/aromatic N) is 1. The second kappa shape index (κ2) is 7.22. The Morgan fingerprint density at radius 3 is 2.25 bits per heavy atom. The molecule has 0 saturated carbocycles. The van der Waals surface area contributed by atoms with Crippen LogP contribution in [0.3, 0.4) is 0 Å². The van der Waals surface area contributed by atoms with Crippen molar-refractivity contribution in [3.63, 3.8) is 0 Å². The van der Waals surface area contributed by atoms with Crippen LogP contribution >= 0.6 is 0 Å². The highest BCUT2D eigenvalue weighted by molar-refractivity contribution is 5.59. The largest absolute Gasteiger partial charge is 0.347 e. The molecule has 20 heavy (non-hydrogen) atoms. The monoisotopic (exact) mass is 274 g/mol. The van der Waals surface area contributed by atoms with Crippen LogP contribution in [0, 0.1) is 0 Å². The number of benzene rings is 1. The SMILES string of the molecule is CCOC(OCC)c1cc(-c2ccc(CC)cc2)n[nH]1. The zero-order valence-electron chi connectivity index (χ0n) is 12.3. The van der Waals surface area contributed by atoms with Crippen molar-refractivity contribution in [3.8, 4) is 11.3 Å². The lowest BCUT2D eigenvalue weighted by atomic mass is 10.1. The van der Waals surface area contributed by atoms with Crippen molar-refractivity contribution in [2.24, 2.45) is 0 Å². The fraction of sp³-hybridized carbons (Fsp3) is 0.438. The van der Waals surface area contributed by atoms with Gasteiger partial charge in [0, 0.05) is 18.8 Å². The number of nitrogens with one attached hydrogen (secondary N) is 1. The molecule has 4 nitrogen and oxygen atoms in total. The van der Waals surface area contributed by atoms with Gasteiger partial charge in [-0.3, -0.25) is 5.10 Å². The molecular weight excluding hydrogens is 252 g/mol. The van der Waals surface area contributed by atoms with Gasteiger partial charge in [0.05, 0.1) is 11.4 Å². The van der Waals surface area contributed by atoms with Gasteiger partial charge in [-0.1, -0.05) is 31.2 Å². The highest BCUT2D eigenvalue weighted by atomic mass is 16.7. The first-order valence-corrected chi connectivity index (χ1v) is 7.16. The first-order valence-electron chi connectivity index (χ1n) is 7.16. The minimum absolute atomic E-state index is 0.374. The summed E-state index contributed by atoms with van der Waals surface area (Å²) in [4.78, 5) is 0. The highest BCUT2D eigenvalue weighted by Gasteiger charge is 2.15. The Bertz CT molecular complexity index is 514. The van der Waals surface area contributed by atoms with Crippen molar-refractivity contribution < 1.29 is 9.47 Å². The van der Waals surface area contributed by atoms with E-state index in [-0.39, 0.29) is 6.29 Å². The summed E-state index contributed by atoms with van der Waals surface area (Å²) in [5.74, 6) is 0. The molecule has 0 unspecified atom stereocenters. The summed E-state index contributed by atoms with van der Waals surface area (Å²) in [6.45, 7) is 7.25. The van der Waals surface area contributed by atoms with E-state index >= 15 is 0 Å². The third kappa shape index (κ3) is 3.46. The summed E-state index contributed by atoms with van der Waals surface area (Å²) in [5.41, 5.74) is 4.18. The van der Waals surface area contributed by atoms with E-state index in [9.17, 15) is 0 Å². The predicted octanol–water partition coefficient (Wildman–Crippen LogP) is 3.71. The van der Waals surface area contributed by atoms with Gasteiger partial charge in [-0.15, -0.1) is 0 Å². The molecule has 0 aliphatic carbocycles. The Kier molecular flexibility index (Phi) is 5.32. The zero-order chi connectivity index (χ0) is 14.4. The van der Waals surface area contributed by atoms with Crippen molar-refractivity contribution in [2.45, 2.75) is 33.5 Å². The van der Waals surface area contributed by atoms with Crippen LogP contribution in [-0.4, -0.2) is 23.4 Å². The molecule has 0 aliphatic rings. The average molecular weight is 274 g/mol. The standard InChI is InChI=1S/C16H22N2O2/c1-4-12-7-9-13(10-8-12)14-11-15(18-17-14)16(19-5-2)20-6-3/h7-11,16H,4-6H2,1-3H3,(H,17,18). The van der Waals surface area contributed by atoms with Crippen molar-refractivity contribution >= 4 is 0 Å². The van der Waals surface area contributed by atoms with Gasteiger partial charge in [0.2, 0.25) is 0 Å². The first-order chi connectivity index (χ1) is 9.78. The number of hydrogen-bond donors (Lipinski definition) is 1. The van der Waals surface area contributed by atoms with Gasteiger partial charge in [-0.2, -0.15) is 5.10 Å². The Labute approximate surface area is 120 Å². The lowest BCUT2D eigenvalue weighted by Crippen LogP contribution is -2.09. The summed E-state index contributed by atoms with van der Waals surface area (Å²) in [5, 5.41) is 7.34. The molecule has 4 heteroatoms. The smallest absolute Gasteiger partial charge is 0.200 e. The molecular formula is C16H22N2O2. The maximum absolute atomic E-state index is 5.56. The predicted molar refractivity (Wildman–Crippen MR) is 79.4 cm³/mol. The van der Waals surface area contributed by atoms with Crippen molar-refractivity contribution in [3.05, 3.63) is 41.6 Å². The molecule has 0 fully saturated rings. The van der Waals surface area contributed by atoms with E-state index in [2.05, 4.69) is 41.4 Å². The fourth-order valence-electron chi connectivity index (χ4n) is 2.05. The molecule has 0 aliphatic heterocycles. The van der Waals surface area contributed by atoms with Gasteiger partial charge in [0.1, 0.15) is 0 Å². The second-order valence-electron chi connectivity index (χ2n) is 4.50. The van der Waals surface area contributed by atoms with Gasteiger partial charge in [0.15, 0.2) is 6.29 Å². The van der Waals surface area contributed by atoms with Gasteiger partial charge < -0.3 is 9.47 Å². The van der Waals surface area contributed by atoms with Crippen LogP contribution in [-0.2, 0) is 15.9 Å². The summed E-state index contributed by atoms with van der Waals surface area (Å²) in [7, 11) is 0. The lowest BCUT2D eigenvalue weighted by molar-refractivity contribution is -0.142. The number of aryl methyl sites for hydroxylation is 1. The van der Waals surface area contributed by atoms with E-state index in [1.807, 2.05) is 19.9 Å². The molecule has 0 amide bonds. The molecule has 108 valence electrons. The first kappa shape index (κ1) is 14.8. The molecule has 0 atom stereocenters. The minimum Gasteiger partial charge on any atom is -0.347 e. The summed E-state index contributed by atoms with van der Waals surface area (Å²) >= 11 is 0. The summed E-state index contributed by atoms with van der Waals surface area (Å²) in [6.07, 6.45) is 0.671. The number of aromatic amines is 1. The number of hydrogen-bond acceptors (Lipinski definition) is 3. The third-order valence-corrected chi connectivity index (χ3v) is 3.15. The lowest BCUT2D eigenvalue weighted by Gasteiger charge is -2.14. The van der Waals surface area contributed by atoms with E-state index in [0.29, 0.717) is 13.2 Å². The topological polar surface area (TPSA) is 47.1 Å². The molecule has 1 aromatic carbocycles. The summed E-state index contributed by atoms with van der Waals surface area (Å²) < 4.78 is 11.1. The van der Waals surface area contributed by atoms with Crippen LogP contribution in [0.25, 0.3) is 11.3 Å². The highest BCUT2D eigenvalue weighted by Crippen LogP contribution is 2.23. The summed E-state index contributed by atoms with van der Waals surface area (Å²) in [6, 6.07) is 10.4. The third-order valence-electron chi connectivity index (χ3n) is 3.15. The van der Waals surface area contributed by atoms with Crippen molar-refractivity contribution in [2.75, 3.05) is 13.2 Å². The Balaban J connectivity index is 2.17. The van der Waals surface area contributed by atoms with Crippen LogP contribution in [0.5, 0.6) is 0 Å². The molecule has 1 aromatic heterocycles. The maximum Gasteiger partial charge on any atom is 0.200 e. The van der Waals surface area contributed by atoms with Crippen molar-refractivity contribution in [1.82, 2.24) is 10.2 Å². The molecule has 1 heterocycles. The van der Waals surface area contributed by atoms with Crippen LogP contribution in [0.4, 0.5) is 0 Å². The maximum atomic E-state index is 5.56. The Morgan fingerprint density at radius 1 is 1.05 bits per heavy atom. The van der Waals surface area contributed by atoms with Crippen LogP contribution in [0.2, 0.25) is 0 Å². The van der Waals surface area contributed by atoms with Crippen LogP contribution in [0.1, 0.15) is 38.3 Å². The van der Waals surface area contributed by atoms with Crippen LogP contribution < -0.4 is 0 Å². The van der Waals surface area contributed by atoms with E-state index in [4.69, 9.17) is 9.47 Å². The van der Waals surface area contributed by atoms with Crippen LogP contribution in [0.15, 0.2) is 30.3 Å². The molecule has 1 N–H and O–H groups in total. The Hall–Kier alpha value is -1.65. The number of ether oxygens (including phenoxy) is 2. The van der Waals surface area contributed by atoms with E-state index < -0.39 is 0 Å². The second-order valence-corrected chi connectivity index (χ2v) is 4.50. The van der Waals surface area contributed by atoms with Gasteiger partial charge in [0.25, 0.3) is 0 Å². The number of rotatable bonds is 7. The number of H-pyrrole nitrogens is 1. The zero-order valence-corrected chi connectivity index (χ0v) is 12.3. The normalized spacial score (nSPS) is 11.2. The van der Waals surface area contributed by atoms with E-state index in [1.165, 1.54) is 5.56 Å². The van der Waals surface area contributed by atoms with Crippen molar-refractivity contribution in [1.29, 1.82) is 0 Å². The molecule has 0 bridgehead atoms. The van der Waals surface area contributed by atoms with Gasteiger partial charge >= 0.3 is 0 Å². The van der Waals surface area contributed by atoms with Gasteiger partial charge in [-0.05, 0) is 31.9 Å². The fourth-order valence-corrected chi connectivity index (χ4v) is 2.05. The molecule has 2 aromatic rings. The Morgan fingerprint density at radius 2 is 1.70 bits per heavy atom. The number of aromatic nitrogens is 2. The average Bonchev–Trinajstić information content (AvgIpc) is 2.97.